The van der Waals surface area contributed by atoms with Gasteiger partial charge in [-0.3, -0.25) is 0 Å². The number of nitrogens with zero attached hydrogens (tertiary/aromatic N) is 1. The second kappa shape index (κ2) is 7.17. The second-order valence-corrected chi connectivity index (χ2v) is 3.73. The maximum absolute atomic E-state index is 9.63. The summed E-state index contributed by atoms with van der Waals surface area (Å²) < 4.78 is 0. The predicted octanol–water partition coefficient (Wildman–Crippen LogP) is -5.11. The molecule has 0 unspecified atom stereocenters. The van der Waals surface area contributed by atoms with Crippen molar-refractivity contribution in [2.75, 3.05) is 20.1 Å². The smallest absolute Gasteiger partial charge is 0.124 e. The van der Waals surface area contributed by atoms with Crippen LogP contribution in [0.4, 0.5) is 0 Å². The van der Waals surface area contributed by atoms with E-state index in [1.165, 1.54) is 0 Å². The molecule has 0 radical (unpaired) electrons. The van der Waals surface area contributed by atoms with E-state index in [9.17, 15) is 19.8 Å². The van der Waals surface area contributed by atoms with Crippen LogP contribution in [0.25, 0.3) is 0 Å². The van der Waals surface area contributed by atoms with Gasteiger partial charge in [0.2, 0.25) is 0 Å². The fourth-order valence-electron chi connectivity index (χ4n) is 1.17. The number of aliphatic hydroxyl groups excluding tert-OH is 3. The number of rotatable bonds is 3. The maximum Gasteiger partial charge on any atom is 0.124 e. The Morgan fingerprint density at radius 1 is 1.24 bits per heavy atom. The lowest BCUT2D eigenvalue weighted by Crippen LogP contribution is -2.51. The molecule has 0 aliphatic carbocycles. The van der Waals surface area contributed by atoms with Crippen molar-refractivity contribution in [3.8, 4) is 0 Å². The Morgan fingerprint density at radius 3 is 1.76 bits per heavy atom. The first-order valence-corrected chi connectivity index (χ1v) is 4.90. The van der Waals surface area contributed by atoms with E-state index in [-0.39, 0.29) is 6.10 Å². The molecule has 1 heterocycles. The SMILES string of the molecule is CN1CC[C@H](O)C1.O=C([O-])[C@@H](O)[C@H](O)C(=O)[O-]. The number of carboxylic acids is 2. The Kier molecular flexibility index (Phi) is 6.66. The topological polar surface area (TPSA) is 144 Å². The van der Waals surface area contributed by atoms with Crippen molar-refractivity contribution in [2.24, 2.45) is 0 Å². The van der Waals surface area contributed by atoms with Crippen molar-refractivity contribution in [3.63, 3.8) is 0 Å². The van der Waals surface area contributed by atoms with Gasteiger partial charge in [-0.15, -0.1) is 0 Å². The molecule has 0 bridgehead atoms. The first-order chi connectivity index (χ1) is 7.75. The Hall–Kier alpha value is -1.22. The summed E-state index contributed by atoms with van der Waals surface area (Å²) in [6.07, 6.45) is -3.98. The third-order valence-electron chi connectivity index (χ3n) is 2.15. The van der Waals surface area contributed by atoms with Crippen LogP contribution in [0.2, 0.25) is 0 Å². The van der Waals surface area contributed by atoms with Crippen molar-refractivity contribution in [1.82, 2.24) is 4.90 Å². The molecule has 1 aliphatic rings. The van der Waals surface area contributed by atoms with E-state index in [0.29, 0.717) is 0 Å². The highest BCUT2D eigenvalue weighted by Gasteiger charge is 2.17. The largest absolute Gasteiger partial charge is 0.547 e. The molecule has 8 nitrogen and oxygen atoms in total. The highest BCUT2D eigenvalue weighted by molar-refractivity contribution is 5.80. The minimum atomic E-state index is -2.44. The van der Waals surface area contributed by atoms with E-state index in [2.05, 4.69) is 4.90 Å². The molecule has 3 atom stereocenters. The molecule has 0 spiro atoms. The number of carbonyl (C=O) groups excluding carboxylic acids is 2. The number of hydrogen-bond acceptors (Lipinski definition) is 8. The summed E-state index contributed by atoms with van der Waals surface area (Å²) in [6.45, 7) is 1.92. The minimum Gasteiger partial charge on any atom is -0.547 e. The maximum atomic E-state index is 9.63. The van der Waals surface area contributed by atoms with Crippen LogP contribution in [0, 0.1) is 0 Å². The predicted molar refractivity (Wildman–Crippen MR) is 50.1 cm³/mol. The molecule has 0 aromatic rings. The number of hydrogen-bond donors (Lipinski definition) is 3. The molecule has 1 fully saturated rings. The molecule has 1 saturated heterocycles. The number of likely N-dealkylation sites (N-methyl/N-ethyl adjacent to an activating group) is 1. The van der Waals surface area contributed by atoms with Gasteiger partial charge in [-0.05, 0) is 13.5 Å². The lowest BCUT2D eigenvalue weighted by atomic mass is 10.2. The molecular weight excluding hydrogens is 234 g/mol. The van der Waals surface area contributed by atoms with E-state index in [4.69, 9.17) is 15.3 Å². The normalized spacial score (nSPS) is 23.4. The van der Waals surface area contributed by atoms with Crippen molar-refractivity contribution in [2.45, 2.75) is 24.7 Å². The molecule has 1 aliphatic heterocycles. The number of aliphatic carboxylic acids is 2. The quantitative estimate of drug-likeness (QED) is 0.450. The third-order valence-corrected chi connectivity index (χ3v) is 2.15. The highest BCUT2D eigenvalue weighted by atomic mass is 16.4. The molecule has 0 saturated carbocycles. The van der Waals surface area contributed by atoms with Crippen molar-refractivity contribution < 1.29 is 35.1 Å². The summed E-state index contributed by atoms with van der Waals surface area (Å²) in [4.78, 5) is 21.4. The molecular formula is C9H15NO7-2. The van der Waals surface area contributed by atoms with Gasteiger partial charge >= 0.3 is 0 Å². The van der Waals surface area contributed by atoms with Gasteiger partial charge < -0.3 is 40.0 Å². The number of likely N-dealkylation sites (tertiary alicyclic amines) is 1. The van der Waals surface area contributed by atoms with Gasteiger partial charge in [0.1, 0.15) is 12.2 Å². The Bertz CT molecular complexity index is 244. The van der Waals surface area contributed by atoms with Gasteiger partial charge in [0, 0.05) is 13.1 Å². The minimum absolute atomic E-state index is 0.0509. The Morgan fingerprint density at radius 2 is 1.65 bits per heavy atom. The Labute approximate surface area is 97.7 Å². The molecule has 3 N–H and O–H groups in total. The standard InChI is InChI=1S/C5H11NO.C4H6O6/c1-6-3-2-5(7)4-6;5-1(3(7)8)2(6)4(9)10/h5,7H,2-4H2,1H3;1-2,5-6H,(H,7,8)(H,9,10)/p-2/t5-;1-,2-/m00/s1. The summed E-state index contributed by atoms with van der Waals surface area (Å²) >= 11 is 0. The molecule has 1 rings (SSSR count). The fourth-order valence-corrected chi connectivity index (χ4v) is 1.17. The summed E-state index contributed by atoms with van der Waals surface area (Å²) in [6, 6.07) is 0. The van der Waals surface area contributed by atoms with E-state index in [1.807, 2.05) is 7.05 Å². The monoisotopic (exact) mass is 249 g/mol. The fraction of sp³-hybridized carbons (Fsp3) is 0.778. The number of β-amino-alcohol motifs (C(OH)–C–C–N with tert-alkyl or cyclic N) is 1. The van der Waals surface area contributed by atoms with Crippen LogP contribution in [0.3, 0.4) is 0 Å². The molecule has 0 aromatic carbocycles. The molecule has 0 aromatic heterocycles. The third kappa shape index (κ3) is 6.17. The lowest BCUT2D eigenvalue weighted by molar-refractivity contribution is -0.333. The van der Waals surface area contributed by atoms with E-state index >= 15 is 0 Å². The van der Waals surface area contributed by atoms with Crippen LogP contribution < -0.4 is 10.2 Å². The van der Waals surface area contributed by atoms with E-state index in [1.54, 1.807) is 0 Å². The molecule has 100 valence electrons. The van der Waals surface area contributed by atoms with Crippen LogP contribution in [-0.2, 0) is 9.59 Å². The van der Waals surface area contributed by atoms with Crippen LogP contribution >= 0.6 is 0 Å². The highest BCUT2D eigenvalue weighted by Crippen LogP contribution is 2.03. The van der Waals surface area contributed by atoms with E-state index < -0.39 is 24.1 Å². The Balaban J connectivity index is 0.000000318. The first kappa shape index (κ1) is 15.8. The number of aliphatic hydroxyl groups is 3. The molecule has 17 heavy (non-hydrogen) atoms. The van der Waals surface area contributed by atoms with Gasteiger partial charge in [0.05, 0.1) is 18.0 Å². The molecule has 8 heteroatoms. The number of carbonyl (C=O) groups is 2. The average Bonchev–Trinajstić information content (AvgIpc) is 2.60. The zero-order valence-electron chi connectivity index (χ0n) is 9.28. The first-order valence-electron chi connectivity index (χ1n) is 4.90. The van der Waals surface area contributed by atoms with Crippen LogP contribution in [0.1, 0.15) is 6.42 Å². The summed E-state index contributed by atoms with van der Waals surface area (Å²) in [5, 5.41) is 44.6. The van der Waals surface area contributed by atoms with Gasteiger partial charge in [0.25, 0.3) is 0 Å². The lowest BCUT2D eigenvalue weighted by Gasteiger charge is -2.18. The van der Waals surface area contributed by atoms with Crippen molar-refractivity contribution in [3.05, 3.63) is 0 Å². The zero-order chi connectivity index (χ0) is 13.6. The summed E-state index contributed by atoms with van der Waals surface area (Å²) in [5.41, 5.74) is 0. The summed E-state index contributed by atoms with van der Waals surface area (Å²) in [5.74, 6) is -4.12. The van der Waals surface area contributed by atoms with E-state index in [0.717, 1.165) is 19.5 Å². The van der Waals surface area contributed by atoms with Crippen molar-refractivity contribution in [1.29, 1.82) is 0 Å². The van der Waals surface area contributed by atoms with Crippen LogP contribution in [-0.4, -0.2) is 70.6 Å². The number of carboxylic acid groups (broad SMARTS) is 2. The van der Waals surface area contributed by atoms with Gasteiger partial charge in [-0.25, -0.2) is 0 Å². The van der Waals surface area contributed by atoms with Crippen molar-refractivity contribution >= 4 is 11.9 Å². The van der Waals surface area contributed by atoms with Crippen LogP contribution in [0.15, 0.2) is 0 Å². The second-order valence-electron chi connectivity index (χ2n) is 3.73. The van der Waals surface area contributed by atoms with Gasteiger partial charge in [0.15, 0.2) is 0 Å². The summed E-state index contributed by atoms with van der Waals surface area (Å²) in [7, 11) is 2.02. The van der Waals surface area contributed by atoms with Crippen LogP contribution in [0.5, 0.6) is 0 Å². The van der Waals surface area contributed by atoms with Gasteiger partial charge in [-0.1, -0.05) is 0 Å². The van der Waals surface area contributed by atoms with Gasteiger partial charge in [-0.2, -0.15) is 0 Å². The molecule has 0 amide bonds. The zero-order valence-corrected chi connectivity index (χ0v) is 9.28. The average molecular weight is 249 g/mol.